The number of hydrogen-bond donors (Lipinski definition) is 1. The predicted octanol–water partition coefficient (Wildman–Crippen LogP) is 2.74. The van der Waals surface area contributed by atoms with Crippen molar-refractivity contribution < 1.29 is 9.90 Å². The number of hydrogen-bond acceptors (Lipinski definition) is 4. The maximum atomic E-state index is 11.0. The third-order valence-corrected chi connectivity index (χ3v) is 4.06. The Morgan fingerprint density at radius 3 is 3.00 bits per heavy atom. The fourth-order valence-corrected chi connectivity index (χ4v) is 2.86. The molecule has 0 saturated heterocycles. The Labute approximate surface area is 119 Å². The standard InChI is InChI=1S/C14H13N3O2S/c1-9-16-11-8-10(14(18)19)2-3-12(11)17(9)6-4-13-15-5-7-20-13/h2-3,5,7-8H,4,6H2,1H3,(H,18,19). The van der Waals surface area contributed by atoms with Crippen molar-refractivity contribution >= 4 is 28.3 Å². The lowest BCUT2D eigenvalue weighted by atomic mass is 10.2. The lowest BCUT2D eigenvalue weighted by Crippen LogP contribution is -2.03. The van der Waals surface area contributed by atoms with Gasteiger partial charge >= 0.3 is 5.97 Å². The van der Waals surface area contributed by atoms with Crippen LogP contribution in [0.3, 0.4) is 0 Å². The van der Waals surface area contributed by atoms with Crippen molar-refractivity contribution in [3.05, 3.63) is 46.2 Å². The first-order chi connectivity index (χ1) is 9.65. The van der Waals surface area contributed by atoms with E-state index in [0.29, 0.717) is 0 Å². The van der Waals surface area contributed by atoms with Crippen LogP contribution in [0, 0.1) is 6.92 Å². The lowest BCUT2D eigenvalue weighted by molar-refractivity contribution is 0.0697. The molecule has 3 aromatic rings. The van der Waals surface area contributed by atoms with E-state index in [1.807, 2.05) is 18.4 Å². The number of thiazole rings is 1. The van der Waals surface area contributed by atoms with Crippen LogP contribution < -0.4 is 0 Å². The number of aryl methyl sites for hydroxylation is 3. The summed E-state index contributed by atoms with van der Waals surface area (Å²) in [5, 5.41) is 12.1. The van der Waals surface area contributed by atoms with Gasteiger partial charge < -0.3 is 9.67 Å². The number of carbonyl (C=O) groups is 1. The zero-order valence-electron chi connectivity index (χ0n) is 10.9. The van der Waals surface area contributed by atoms with Crippen LogP contribution in [0.5, 0.6) is 0 Å². The highest BCUT2D eigenvalue weighted by molar-refractivity contribution is 7.09. The minimum absolute atomic E-state index is 0.266. The number of nitrogens with zero attached hydrogens (tertiary/aromatic N) is 3. The van der Waals surface area contributed by atoms with E-state index in [9.17, 15) is 4.79 Å². The SMILES string of the molecule is Cc1nc2cc(C(=O)O)ccc2n1CCc1nccs1. The van der Waals surface area contributed by atoms with Gasteiger partial charge in [-0.3, -0.25) is 0 Å². The van der Waals surface area contributed by atoms with E-state index in [1.165, 1.54) is 0 Å². The summed E-state index contributed by atoms with van der Waals surface area (Å²) in [7, 11) is 0. The van der Waals surface area contributed by atoms with E-state index in [4.69, 9.17) is 5.11 Å². The molecule has 0 radical (unpaired) electrons. The fourth-order valence-electron chi connectivity index (χ4n) is 2.25. The normalized spacial score (nSPS) is 11.1. The molecule has 0 saturated carbocycles. The molecule has 20 heavy (non-hydrogen) atoms. The van der Waals surface area contributed by atoms with Gasteiger partial charge in [0.25, 0.3) is 0 Å². The molecular weight excluding hydrogens is 274 g/mol. The van der Waals surface area contributed by atoms with Crippen molar-refractivity contribution in [2.24, 2.45) is 0 Å². The van der Waals surface area contributed by atoms with Gasteiger partial charge in [0.1, 0.15) is 5.82 Å². The Kier molecular flexibility index (Phi) is 3.23. The number of aromatic nitrogens is 3. The average Bonchev–Trinajstić information content (AvgIpc) is 3.02. The van der Waals surface area contributed by atoms with Crippen LogP contribution in [0.15, 0.2) is 29.8 Å². The van der Waals surface area contributed by atoms with E-state index < -0.39 is 5.97 Å². The molecule has 2 heterocycles. The smallest absolute Gasteiger partial charge is 0.335 e. The first kappa shape index (κ1) is 12.8. The van der Waals surface area contributed by atoms with Crippen LogP contribution >= 0.6 is 11.3 Å². The molecule has 0 fully saturated rings. The third-order valence-electron chi connectivity index (χ3n) is 3.22. The summed E-state index contributed by atoms with van der Waals surface area (Å²) >= 11 is 1.64. The van der Waals surface area contributed by atoms with E-state index >= 15 is 0 Å². The Morgan fingerprint density at radius 2 is 2.30 bits per heavy atom. The van der Waals surface area contributed by atoms with E-state index in [-0.39, 0.29) is 5.56 Å². The van der Waals surface area contributed by atoms with Crippen molar-refractivity contribution in [3.63, 3.8) is 0 Å². The van der Waals surface area contributed by atoms with Gasteiger partial charge in [0, 0.05) is 24.5 Å². The minimum atomic E-state index is -0.929. The van der Waals surface area contributed by atoms with Gasteiger partial charge in [-0.05, 0) is 25.1 Å². The second-order valence-electron chi connectivity index (χ2n) is 4.50. The molecule has 0 aliphatic rings. The highest BCUT2D eigenvalue weighted by Gasteiger charge is 2.11. The second kappa shape index (κ2) is 5.05. The van der Waals surface area contributed by atoms with E-state index in [0.717, 1.165) is 34.8 Å². The topological polar surface area (TPSA) is 68.0 Å². The van der Waals surface area contributed by atoms with Gasteiger partial charge in [-0.1, -0.05) is 0 Å². The number of fused-ring (bicyclic) bond motifs is 1. The molecule has 1 aromatic carbocycles. The predicted molar refractivity (Wildman–Crippen MR) is 77.2 cm³/mol. The number of benzene rings is 1. The maximum Gasteiger partial charge on any atom is 0.335 e. The summed E-state index contributed by atoms with van der Waals surface area (Å²) in [5.74, 6) is -0.0408. The van der Waals surface area contributed by atoms with Crippen LogP contribution in [0.25, 0.3) is 11.0 Å². The van der Waals surface area contributed by atoms with Crippen molar-refractivity contribution in [2.45, 2.75) is 19.9 Å². The second-order valence-corrected chi connectivity index (χ2v) is 5.47. The highest BCUT2D eigenvalue weighted by atomic mass is 32.1. The first-order valence-corrected chi connectivity index (χ1v) is 7.11. The van der Waals surface area contributed by atoms with Crippen LogP contribution in [0.1, 0.15) is 21.2 Å². The average molecular weight is 287 g/mol. The molecule has 0 bridgehead atoms. The number of aromatic carboxylic acids is 1. The Bertz CT molecular complexity index is 762. The molecule has 6 heteroatoms. The molecular formula is C14H13N3O2S. The van der Waals surface area contributed by atoms with Crippen molar-refractivity contribution in [1.82, 2.24) is 14.5 Å². The van der Waals surface area contributed by atoms with Crippen LogP contribution in [-0.2, 0) is 13.0 Å². The summed E-state index contributed by atoms with van der Waals surface area (Å²) in [6.07, 6.45) is 2.66. The number of carboxylic acids is 1. The minimum Gasteiger partial charge on any atom is -0.478 e. The number of imidazole rings is 1. The van der Waals surface area contributed by atoms with Crippen LogP contribution in [0.2, 0.25) is 0 Å². The molecule has 0 spiro atoms. The summed E-state index contributed by atoms with van der Waals surface area (Å²) in [4.78, 5) is 19.7. The summed E-state index contributed by atoms with van der Waals surface area (Å²) in [5.41, 5.74) is 1.95. The first-order valence-electron chi connectivity index (χ1n) is 6.23. The zero-order valence-corrected chi connectivity index (χ0v) is 11.7. The summed E-state index contributed by atoms with van der Waals surface area (Å²) in [6, 6.07) is 5.05. The highest BCUT2D eigenvalue weighted by Crippen LogP contribution is 2.19. The molecule has 0 aliphatic heterocycles. The molecule has 2 aromatic heterocycles. The van der Waals surface area contributed by atoms with Crippen LogP contribution in [-0.4, -0.2) is 25.6 Å². The van der Waals surface area contributed by atoms with E-state index in [2.05, 4.69) is 14.5 Å². The largest absolute Gasteiger partial charge is 0.478 e. The van der Waals surface area contributed by atoms with Gasteiger partial charge in [-0.25, -0.2) is 14.8 Å². The van der Waals surface area contributed by atoms with Gasteiger partial charge in [0.15, 0.2) is 0 Å². The number of carboxylic acid groups (broad SMARTS) is 1. The monoisotopic (exact) mass is 287 g/mol. The Balaban J connectivity index is 1.94. The summed E-state index contributed by atoms with van der Waals surface area (Å²) in [6.45, 7) is 2.73. The van der Waals surface area contributed by atoms with Gasteiger partial charge in [-0.15, -0.1) is 11.3 Å². The van der Waals surface area contributed by atoms with Gasteiger partial charge in [-0.2, -0.15) is 0 Å². The lowest BCUT2D eigenvalue weighted by Gasteiger charge is -2.05. The quantitative estimate of drug-likeness (QED) is 0.801. The molecule has 102 valence electrons. The molecule has 0 atom stereocenters. The molecule has 1 N–H and O–H groups in total. The Hall–Kier alpha value is -2.21. The van der Waals surface area contributed by atoms with Crippen molar-refractivity contribution in [2.75, 3.05) is 0 Å². The van der Waals surface area contributed by atoms with Crippen molar-refractivity contribution in [1.29, 1.82) is 0 Å². The molecule has 0 aliphatic carbocycles. The molecule has 5 nitrogen and oxygen atoms in total. The fraction of sp³-hybridized carbons (Fsp3) is 0.214. The van der Waals surface area contributed by atoms with Gasteiger partial charge in [0.2, 0.25) is 0 Å². The third kappa shape index (κ3) is 2.30. The maximum absolute atomic E-state index is 11.0. The molecule has 0 amide bonds. The zero-order chi connectivity index (χ0) is 14.1. The van der Waals surface area contributed by atoms with E-state index in [1.54, 1.807) is 29.7 Å². The Morgan fingerprint density at radius 1 is 1.45 bits per heavy atom. The van der Waals surface area contributed by atoms with Crippen LogP contribution in [0.4, 0.5) is 0 Å². The van der Waals surface area contributed by atoms with Crippen molar-refractivity contribution in [3.8, 4) is 0 Å². The number of rotatable bonds is 4. The molecule has 0 unspecified atom stereocenters. The molecule has 3 rings (SSSR count). The van der Waals surface area contributed by atoms with Gasteiger partial charge in [0.05, 0.1) is 21.6 Å². The summed E-state index contributed by atoms with van der Waals surface area (Å²) < 4.78 is 2.10.